The average Bonchev–Trinajstić information content (AvgIpc) is 2.65. The highest BCUT2D eigenvalue weighted by Crippen LogP contribution is 2.28. The minimum atomic E-state index is -1.05. The van der Waals surface area contributed by atoms with Crippen molar-refractivity contribution in [3.05, 3.63) is 0 Å². The molecule has 0 aromatic carbocycles. The van der Waals surface area contributed by atoms with Crippen molar-refractivity contribution in [2.45, 2.75) is 118 Å². The second-order valence-electron chi connectivity index (χ2n) is 9.40. The number of rotatable bonds is 0. The van der Waals surface area contributed by atoms with Gasteiger partial charge in [0.25, 0.3) is 0 Å². The van der Waals surface area contributed by atoms with Crippen molar-refractivity contribution < 1.29 is 58.7 Å². The van der Waals surface area contributed by atoms with Crippen LogP contribution in [0.15, 0.2) is 0 Å². The smallest absolute Gasteiger partial charge is 0.196 e. The molecular weight excluding hydrogens is 408 g/mol. The summed E-state index contributed by atoms with van der Waals surface area (Å²) in [4.78, 5) is 60.1. The molecule has 180 valence electrons. The van der Waals surface area contributed by atoms with Crippen LogP contribution in [0.5, 0.6) is 0 Å². The summed E-state index contributed by atoms with van der Waals surface area (Å²) in [6.45, 7) is 19.7. The monoisotopic (exact) mass is 444 g/mol. The molecule has 2 fully saturated rings. The molecule has 2 aliphatic heterocycles. The first-order valence-corrected chi connectivity index (χ1v) is 9.45. The maximum Gasteiger partial charge on any atom is 0.228 e. The molecule has 0 aromatic heterocycles. The standard InChI is InChI=1S/2C9H18O6/c2*1-7(2)10-12-8(3,4)14-15-9(5,6)13-11-7/h2*1-6H3. The zero-order valence-electron chi connectivity index (χ0n) is 19.9. The lowest BCUT2D eigenvalue weighted by atomic mass is 10.4. The lowest BCUT2D eigenvalue weighted by molar-refractivity contribution is -0.534. The van der Waals surface area contributed by atoms with E-state index in [0.717, 1.165) is 0 Å². The van der Waals surface area contributed by atoms with Crippen molar-refractivity contribution in [1.29, 1.82) is 0 Å². The first kappa shape index (κ1) is 27.6. The van der Waals surface area contributed by atoms with Gasteiger partial charge in [-0.3, -0.25) is 0 Å². The zero-order valence-corrected chi connectivity index (χ0v) is 19.9. The summed E-state index contributed by atoms with van der Waals surface area (Å²) < 4.78 is 0. The molecule has 30 heavy (non-hydrogen) atoms. The Hall–Kier alpha value is -0.480. The maximum absolute atomic E-state index is 5.01. The Labute approximate surface area is 177 Å². The molecule has 2 aliphatic rings. The van der Waals surface area contributed by atoms with E-state index >= 15 is 0 Å². The summed E-state index contributed by atoms with van der Waals surface area (Å²) >= 11 is 0. The molecule has 2 heterocycles. The fraction of sp³-hybridized carbons (Fsp3) is 1.00. The number of hydrogen-bond acceptors (Lipinski definition) is 12. The molecule has 0 atom stereocenters. The highest BCUT2D eigenvalue weighted by molar-refractivity contribution is 4.56. The predicted molar refractivity (Wildman–Crippen MR) is 97.5 cm³/mol. The van der Waals surface area contributed by atoms with Crippen LogP contribution in [0.2, 0.25) is 0 Å². The van der Waals surface area contributed by atoms with E-state index in [1.54, 1.807) is 83.1 Å². The van der Waals surface area contributed by atoms with Crippen molar-refractivity contribution in [1.82, 2.24) is 0 Å². The van der Waals surface area contributed by atoms with Gasteiger partial charge in [-0.1, -0.05) is 0 Å². The van der Waals surface area contributed by atoms with Crippen LogP contribution in [0.1, 0.15) is 83.1 Å². The lowest BCUT2D eigenvalue weighted by Crippen LogP contribution is -2.34. The van der Waals surface area contributed by atoms with E-state index in [1.165, 1.54) is 0 Å². The van der Waals surface area contributed by atoms with E-state index in [-0.39, 0.29) is 0 Å². The summed E-state index contributed by atoms with van der Waals surface area (Å²) in [5.74, 6) is -6.30. The molecule has 0 aliphatic carbocycles. The summed E-state index contributed by atoms with van der Waals surface area (Å²) in [5.41, 5.74) is 0. The molecule has 12 heteroatoms. The molecule has 0 radical (unpaired) electrons. The van der Waals surface area contributed by atoms with Crippen molar-refractivity contribution in [3.63, 3.8) is 0 Å². The Bertz CT molecular complexity index is 381. The molecule has 2 rings (SSSR count). The zero-order chi connectivity index (χ0) is 23.5. The predicted octanol–water partition coefficient (Wildman–Crippen LogP) is 4.11. The van der Waals surface area contributed by atoms with Gasteiger partial charge in [-0.25, -0.2) is 0 Å². The van der Waals surface area contributed by atoms with E-state index < -0.39 is 34.7 Å². The van der Waals surface area contributed by atoms with Crippen LogP contribution in [0.3, 0.4) is 0 Å². The van der Waals surface area contributed by atoms with Crippen LogP contribution in [0, 0.1) is 0 Å². The van der Waals surface area contributed by atoms with Gasteiger partial charge in [0, 0.05) is 0 Å². The molecular formula is C18H36O12. The molecule has 0 aromatic rings. The molecule has 2 saturated heterocycles. The second kappa shape index (κ2) is 9.57. The van der Waals surface area contributed by atoms with Gasteiger partial charge in [0.2, 0.25) is 34.7 Å². The lowest BCUT2D eigenvalue weighted by Gasteiger charge is -2.25. The fourth-order valence-corrected chi connectivity index (χ4v) is 1.29. The molecule has 0 saturated carbocycles. The van der Waals surface area contributed by atoms with Crippen LogP contribution in [0.25, 0.3) is 0 Å². The van der Waals surface area contributed by atoms with Gasteiger partial charge in [-0.15, -0.1) is 0 Å². The minimum Gasteiger partial charge on any atom is -0.196 e. The van der Waals surface area contributed by atoms with Gasteiger partial charge in [0.1, 0.15) is 0 Å². The SMILES string of the molecule is CC1(C)OOC(C)(C)OOC(C)(C)OO1.CC1(C)OOC(C)(C)OOC(C)(C)OO1. The Balaban J connectivity index is 0.000000300. The van der Waals surface area contributed by atoms with E-state index in [0.29, 0.717) is 0 Å². The van der Waals surface area contributed by atoms with Crippen LogP contribution in [0.4, 0.5) is 0 Å². The third-order valence-corrected chi connectivity index (χ3v) is 2.66. The third kappa shape index (κ3) is 11.2. The van der Waals surface area contributed by atoms with Gasteiger partial charge in [-0.2, -0.15) is 58.7 Å². The topological polar surface area (TPSA) is 111 Å². The van der Waals surface area contributed by atoms with Gasteiger partial charge in [-0.05, 0) is 83.1 Å². The van der Waals surface area contributed by atoms with Crippen LogP contribution in [-0.2, 0) is 58.7 Å². The molecule has 0 unspecified atom stereocenters. The van der Waals surface area contributed by atoms with Crippen LogP contribution >= 0.6 is 0 Å². The first-order chi connectivity index (χ1) is 13.2. The van der Waals surface area contributed by atoms with Crippen molar-refractivity contribution in [3.8, 4) is 0 Å². The van der Waals surface area contributed by atoms with E-state index in [4.69, 9.17) is 58.7 Å². The largest absolute Gasteiger partial charge is 0.228 e. The molecule has 0 amide bonds. The third-order valence-electron chi connectivity index (χ3n) is 2.66. The summed E-state index contributed by atoms with van der Waals surface area (Å²) in [6, 6.07) is 0. The van der Waals surface area contributed by atoms with Crippen LogP contribution in [-0.4, -0.2) is 34.7 Å². The van der Waals surface area contributed by atoms with E-state index in [9.17, 15) is 0 Å². The van der Waals surface area contributed by atoms with Crippen molar-refractivity contribution >= 4 is 0 Å². The maximum atomic E-state index is 5.01. The summed E-state index contributed by atoms with van der Waals surface area (Å²) in [7, 11) is 0. The summed E-state index contributed by atoms with van der Waals surface area (Å²) in [5, 5.41) is 0. The average molecular weight is 444 g/mol. The second-order valence-corrected chi connectivity index (χ2v) is 9.40. The highest BCUT2D eigenvalue weighted by atomic mass is 17.4. The molecule has 0 spiro atoms. The van der Waals surface area contributed by atoms with Gasteiger partial charge >= 0.3 is 0 Å². The minimum absolute atomic E-state index is 1.05. The van der Waals surface area contributed by atoms with Gasteiger partial charge in [0.05, 0.1) is 0 Å². The van der Waals surface area contributed by atoms with Crippen LogP contribution < -0.4 is 0 Å². The Kier molecular flexibility index (Phi) is 8.79. The highest BCUT2D eigenvalue weighted by Gasteiger charge is 2.38. The quantitative estimate of drug-likeness (QED) is 0.501. The van der Waals surface area contributed by atoms with E-state index in [1.807, 2.05) is 0 Å². The molecule has 12 nitrogen and oxygen atoms in total. The molecule has 0 N–H and O–H groups in total. The van der Waals surface area contributed by atoms with Crippen molar-refractivity contribution in [2.75, 3.05) is 0 Å². The number of hydrogen-bond donors (Lipinski definition) is 0. The first-order valence-electron chi connectivity index (χ1n) is 9.45. The molecule has 0 bridgehead atoms. The Morgan fingerprint density at radius 1 is 0.200 bits per heavy atom. The normalized spacial score (nSPS) is 30.0. The van der Waals surface area contributed by atoms with Gasteiger partial charge in [0.15, 0.2) is 0 Å². The van der Waals surface area contributed by atoms with E-state index in [2.05, 4.69) is 0 Å². The fourth-order valence-electron chi connectivity index (χ4n) is 1.29. The Morgan fingerprint density at radius 2 is 0.267 bits per heavy atom. The van der Waals surface area contributed by atoms with Gasteiger partial charge < -0.3 is 0 Å². The van der Waals surface area contributed by atoms with Crippen molar-refractivity contribution in [2.24, 2.45) is 0 Å². The summed E-state index contributed by atoms with van der Waals surface area (Å²) in [6.07, 6.45) is 0. The Morgan fingerprint density at radius 3 is 0.333 bits per heavy atom.